The first kappa shape index (κ1) is 11.2. The average molecular weight is 214 g/mol. The molecule has 0 aliphatic heterocycles. The Morgan fingerprint density at radius 1 is 1.29 bits per heavy atom. The van der Waals surface area contributed by atoms with Crippen LogP contribution in [0.4, 0.5) is 0 Å². The Kier molecular flexibility index (Phi) is 3.66. The molecule has 0 atom stereocenters. The lowest BCUT2D eigenvalue weighted by molar-refractivity contribution is 0.311. The van der Waals surface area contributed by atoms with Crippen molar-refractivity contribution in [3.63, 3.8) is 0 Å². The molecule has 1 aromatic rings. The molecule has 14 heavy (non-hydrogen) atoms. The maximum atomic E-state index is 10.7. The zero-order chi connectivity index (χ0) is 10.6. The molecular weight excluding hydrogens is 200 g/mol. The number of rotatable bonds is 4. The van der Waals surface area contributed by atoms with Crippen LogP contribution in [0.1, 0.15) is 18.1 Å². The summed E-state index contributed by atoms with van der Waals surface area (Å²) in [7, 11) is -3.34. The summed E-state index contributed by atoms with van der Waals surface area (Å²) in [5, 5.41) is 0. The van der Waals surface area contributed by atoms with Gasteiger partial charge in [0.1, 0.15) is 0 Å². The van der Waals surface area contributed by atoms with Crippen molar-refractivity contribution < 1.29 is 12.6 Å². The van der Waals surface area contributed by atoms with Crippen LogP contribution in [0.25, 0.3) is 0 Å². The summed E-state index contributed by atoms with van der Waals surface area (Å²) in [6.07, 6.45) is 1.99. The Balaban J connectivity index is 2.68. The summed E-state index contributed by atoms with van der Waals surface area (Å²) < 4.78 is 26.2. The highest BCUT2D eigenvalue weighted by atomic mass is 32.2. The fourth-order valence-corrected chi connectivity index (χ4v) is 1.46. The Hall–Kier alpha value is -0.870. The topological polar surface area (TPSA) is 43.4 Å². The molecule has 0 radical (unpaired) electrons. The Morgan fingerprint density at radius 3 is 2.50 bits per heavy atom. The molecule has 0 N–H and O–H groups in total. The van der Waals surface area contributed by atoms with Crippen molar-refractivity contribution in [1.29, 1.82) is 0 Å². The third kappa shape index (κ3) is 3.89. The van der Waals surface area contributed by atoms with Crippen molar-refractivity contribution in [3.8, 4) is 0 Å². The van der Waals surface area contributed by atoms with Crippen LogP contribution in [0.2, 0.25) is 0 Å². The van der Waals surface area contributed by atoms with Crippen LogP contribution in [0.15, 0.2) is 24.3 Å². The van der Waals surface area contributed by atoms with E-state index in [-0.39, 0.29) is 6.61 Å². The normalized spacial score (nSPS) is 11.6. The van der Waals surface area contributed by atoms with Crippen LogP contribution in [0, 0.1) is 0 Å². The second-order valence-corrected chi connectivity index (χ2v) is 4.78. The molecule has 1 aromatic carbocycles. The molecule has 3 nitrogen and oxygen atoms in total. The van der Waals surface area contributed by atoms with Gasteiger partial charge in [0.15, 0.2) is 0 Å². The maximum Gasteiger partial charge on any atom is 0.264 e. The van der Waals surface area contributed by atoms with E-state index in [1.807, 2.05) is 24.3 Å². The van der Waals surface area contributed by atoms with E-state index >= 15 is 0 Å². The standard InChI is InChI=1S/C10H14O3S/c1-3-9-5-4-6-10(7-9)8-13-14(2,11)12/h4-7H,3,8H2,1-2H3. The van der Waals surface area contributed by atoms with Gasteiger partial charge in [0.25, 0.3) is 10.1 Å². The van der Waals surface area contributed by atoms with Gasteiger partial charge in [-0.05, 0) is 17.5 Å². The maximum absolute atomic E-state index is 10.7. The van der Waals surface area contributed by atoms with Crippen LogP contribution >= 0.6 is 0 Å². The predicted molar refractivity (Wildman–Crippen MR) is 55.5 cm³/mol. The van der Waals surface area contributed by atoms with Gasteiger partial charge in [-0.3, -0.25) is 4.18 Å². The summed E-state index contributed by atoms with van der Waals surface area (Å²) in [6, 6.07) is 7.71. The minimum absolute atomic E-state index is 0.118. The van der Waals surface area contributed by atoms with E-state index in [1.165, 1.54) is 5.56 Å². The molecule has 0 heterocycles. The van der Waals surface area contributed by atoms with Gasteiger partial charge in [-0.25, -0.2) is 0 Å². The zero-order valence-electron chi connectivity index (χ0n) is 8.36. The first-order valence-electron chi connectivity index (χ1n) is 4.43. The van der Waals surface area contributed by atoms with Crippen molar-refractivity contribution in [3.05, 3.63) is 35.4 Å². The zero-order valence-corrected chi connectivity index (χ0v) is 9.17. The fourth-order valence-electron chi connectivity index (χ4n) is 1.11. The van der Waals surface area contributed by atoms with Crippen LogP contribution in [-0.4, -0.2) is 14.7 Å². The monoisotopic (exact) mass is 214 g/mol. The van der Waals surface area contributed by atoms with Crippen LogP contribution in [0.5, 0.6) is 0 Å². The molecule has 0 unspecified atom stereocenters. The lowest BCUT2D eigenvalue weighted by Gasteiger charge is -2.03. The van der Waals surface area contributed by atoms with E-state index in [2.05, 4.69) is 11.1 Å². The summed E-state index contributed by atoms with van der Waals surface area (Å²) in [5.74, 6) is 0. The van der Waals surface area contributed by atoms with Crippen molar-refractivity contribution in [1.82, 2.24) is 0 Å². The van der Waals surface area contributed by atoms with Gasteiger partial charge >= 0.3 is 0 Å². The quantitative estimate of drug-likeness (QED) is 0.717. The van der Waals surface area contributed by atoms with E-state index in [0.717, 1.165) is 18.2 Å². The summed E-state index contributed by atoms with van der Waals surface area (Å²) in [4.78, 5) is 0. The molecular formula is C10H14O3S. The van der Waals surface area contributed by atoms with Crippen molar-refractivity contribution >= 4 is 10.1 Å². The number of benzene rings is 1. The molecule has 0 spiro atoms. The minimum atomic E-state index is -3.34. The molecule has 0 aliphatic carbocycles. The van der Waals surface area contributed by atoms with Gasteiger partial charge < -0.3 is 0 Å². The van der Waals surface area contributed by atoms with E-state index in [1.54, 1.807) is 0 Å². The third-order valence-electron chi connectivity index (χ3n) is 1.84. The molecule has 0 bridgehead atoms. The first-order valence-corrected chi connectivity index (χ1v) is 6.25. The van der Waals surface area contributed by atoms with Crippen LogP contribution in [-0.2, 0) is 27.3 Å². The van der Waals surface area contributed by atoms with Gasteiger partial charge in [0, 0.05) is 0 Å². The second-order valence-electron chi connectivity index (χ2n) is 3.14. The van der Waals surface area contributed by atoms with Crippen molar-refractivity contribution in [2.45, 2.75) is 20.0 Å². The third-order valence-corrected chi connectivity index (χ3v) is 2.39. The average Bonchev–Trinajstić information content (AvgIpc) is 2.14. The second kappa shape index (κ2) is 4.57. The van der Waals surface area contributed by atoms with E-state index in [0.29, 0.717) is 0 Å². The van der Waals surface area contributed by atoms with Gasteiger partial charge in [0.2, 0.25) is 0 Å². The van der Waals surface area contributed by atoms with E-state index in [9.17, 15) is 8.42 Å². The molecule has 0 fully saturated rings. The van der Waals surface area contributed by atoms with E-state index in [4.69, 9.17) is 0 Å². The number of hydrogen-bond acceptors (Lipinski definition) is 3. The summed E-state index contributed by atoms with van der Waals surface area (Å²) in [6.45, 7) is 2.17. The summed E-state index contributed by atoms with van der Waals surface area (Å²) in [5.41, 5.74) is 2.06. The fraction of sp³-hybridized carbons (Fsp3) is 0.400. The largest absolute Gasteiger partial charge is 0.265 e. The summed E-state index contributed by atoms with van der Waals surface area (Å²) >= 11 is 0. The molecule has 0 aromatic heterocycles. The first-order chi connectivity index (χ1) is 6.51. The predicted octanol–water partition coefficient (Wildman–Crippen LogP) is 1.73. The Morgan fingerprint density at radius 2 is 1.93 bits per heavy atom. The smallest absolute Gasteiger partial charge is 0.264 e. The van der Waals surface area contributed by atoms with Crippen molar-refractivity contribution in [2.24, 2.45) is 0 Å². The van der Waals surface area contributed by atoms with Gasteiger partial charge in [-0.2, -0.15) is 8.42 Å². The van der Waals surface area contributed by atoms with Crippen LogP contribution in [0.3, 0.4) is 0 Å². The highest BCUT2D eigenvalue weighted by molar-refractivity contribution is 7.85. The van der Waals surface area contributed by atoms with Gasteiger partial charge in [-0.15, -0.1) is 0 Å². The molecule has 0 aliphatic rings. The van der Waals surface area contributed by atoms with Crippen molar-refractivity contribution in [2.75, 3.05) is 6.26 Å². The molecule has 78 valence electrons. The number of hydrogen-bond donors (Lipinski definition) is 0. The minimum Gasteiger partial charge on any atom is -0.265 e. The Bertz CT molecular complexity index is 396. The number of aryl methyl sites for hydroxylation is 1. The van der Waals surface area contributed by atoms with E-state index < -0.39 is 10.1 Å². The van der Waals surface area contributed by atoms with Gasteiger partial charge in [-0.1, -0.05) is 31.2 Å². The Labute approximate surface area is 84.8 Å². The molecule has 0 saturated heterocycles. The highest BCUT2D eigenvalue weighted by Crippen LogP contribution is 2.08. The highest BCUT2D eigenvalue weighted by Gasteiger charge is 2.02. The molecule has 4 heteroatoms. The SMILES string of the molecule is CCc1cccc(COS(C)(=O)=O)c1. The lowest BCUT2D eigenvalue weighted by atomic mass is 10.1. The van der Waals surface area contributed by atoms with Crippen LogP contribution < -0.4 is 0 Å². The van der Waals surface area contributed by atoms with Gasteiger partial charge in [0.05, 0.1) is 12.9 Å². The molecule has 0 saturated carbocycles. The lowest BCUT2D eigenvalue weighted by Crippen LogP contribution is -2.02. The molecule has 0 amide bonds. The molecule has 1 rings (SSSR count).